The molecule has 1 amide bonds. The van der Waals surface area contributed by atoms with Crippen LogP contribution in [0.1, 0.15) is 29.8 Å². The van der Waals surface area contributed by atoms with Crippen molar-refractivity contribution in [1.82, 2.24) is 5.43 Å². The number of hydrogen-bond acceptors (Lipinski definition) is 4. The van der Waals surface area contributed by atoms with Gasteiger partial charge in [0.25, 0.3) is 5.91 Å². The van der Waals surface area contributed by atoms with Crippen LogP contribution in [0.2, 0.25) is 0 Å². The van der Waals surface area contributed by atoms with E-state index >= 15 is 0 Å². The van der Waals surface area contributed by atoms with E-state index in [9.17, 15) is 4.79 Å². The number of nitrogens with one attached hydrogen (secondary N) is 1. The van der Waals surface area contributed by atoms with E-state index in [4.69, 9.17) is 4.74 Å². The fraction of sp³-hybridized carbons (Fsp3) is 0.263. The Balaban J connectivity index is 2.08. The van der Waals surface area contributed by atoms with Crippen LogP contribution in [-0.2, 0) is 0 Å². The molecule has 2 aromatic rings. The summed E-state index contributed by atoms with van der Waals surface area (Å²) in [6.45, 7) is 3.83. The first-order valence-corrected chi connectivity index (χ1v) is 8.73. The minimum absolute atomic E-state index is 0.0218. The number of anilines is 1. The second-order valence-electron chi connectivity index (χ2n) is 5.99. The maximum absolute atomic E-state index is 12.4. The number of rotatable bonds is 6. The summed E-state index contributed by atoms with van der Waals surface area (Å²) in [5.41, 5.74) is 4.98. The number of benzene rings is 2. The molecule has 0 fully saturated rings. The van der Waals surface area contributed by atoms with Crippen molar-refractivity contribution >= 4 is 33.7 Å². The molecule has 0 radical (unpaired) electrons. The third-order valence-electron chi connectivity index (χ3n) is 3.34. The first kappa shape index (κ1) is 19.0. The highest BCUT2D eigenvalue weighted by Crippen LogP contribution is 2.24. The third kappa shape index (κ3) is 5.60. The number of nitrogens with zero attached hydrogens (tertiary/aromatic N) is 2. The average molecular weight is 404 g/mol. The van der Waals surface area contributed by atoms with Crippen LogP contribution in [0.5, 0.6) is 5.75 Å². The second-order valence-corrected chi connectivity index (χ2v) is 6.91. The summed E-state index contributed by atoms with van der Waals surface area (Å²) in [6.07, 6.45) is 1.59. The molecule has 2 rings (SSSR count). The van der Waals surface area contributed by atoms with E-state index in [1.165, 1.54) is 0 Å². The third-order valence-corrected chi connectivity index (χ3v) is 3.83. The molecular weight excluding hydrogens is 382 g/mol. The Kier molecular flexibility index (Phi) is 6.58. The fourth-order valence-electron chi connectivity index (χ4n) is 2.12. The standard InChI is InChI=1S/C19H22BrN3O2/c1-13(2)25-18-10-7-15(20)11-17(18)19(24)22-21-12-14-5-8-16(9-6-14)23(3)4/h5-13H,1-4H3,(H,22,24). The predicted octanol–water partition coefficient (Wildman–Crippen LogP) is 4.07. The van der Waals surface area contributed by atoms with Gasteiger partial charge in [-0.15, -0.1) is 0 Å². The first-order chi connectivity index (χ1) is 11.9. The van der Waals surface area contributed by atoms with Crippen LogP contribution in [0.4, 0.5) is 5.69 Å². The maximum atomic E-state index is 12.4. The molecule has 0 heterocycles. The molecule has 0 spiro atoms. The molecule has 0 saturated carbocycles. The van der Waals surface area contributed by atoms with Crippen LogP contribution >= 0.6 is 15.9 Å². The van der Waals surface area contributed by atoms with Crippen molar-refractivity contribution in [2.45, 2.75) is 20.0 Å². The highest BCUT2D eigenvalue weighted by atomic mass is 79.9. The van der Waals surface area contributed by atoms with E-state index in [1.807, 2.05) is 63.2 Å². The van der Waals surface area contributed by atoms with Crippen LogP contribution in [0.15, 0.2) is 52.0 Å². The van der Waals surface area contributed by atoms with E-state index < -0.39 is 0 Å². The lowest BCUT2D eigenvalue weighted by Gasteiger charge is -2.13. The molecule has 0 unspecified atom stereocenters. The van der Waals surface area contributed by atoms with Gasteiger partial charge in [-0.3, -0.25) is 4.79 Å². The summed E-state index contributed by atoms with van der Waals surface area (Å²) in [5, 5.41) is 4.03. The molecule has 0 aliphatic heterocycles. The van der Waals surface area contributed by atoms with Crippen LogP contribution in [0.3, 0.4) is 0 Å². The van der Waals surface area contributed by atoms with Crippen LogP contribution in [0.25, 0.3) is 0 Å². The topological polar surface area (TPSA) is 53.9 Å². The molecule has 0 saturated heterocycles. The number of hydrazone groups is 1. The summed E-state index contributed by atoms with van der Waals surface area (Å²) in [7, 11) is 3.97. The SMILES string of the molecule is CC(C)Oc1ccc(Br)cc1C(=O)NN=Cc1ccc(N(C)C)cc1. The lowest BCUT2D eigenvalue weighted by molar-refractivity contribution is 0.0949. The van der Waals surface area contributed by atoms with Crippen molar-refractivity contribution in [2.24, 2.45) is 5.10 Å². The monoisotopic (exact) mass is 403 g/mol. The van der Waals surface area contributed by atoms with Gasteiger partial charge in [-0.05, 0) is 49.7 Å². The van der Waals surface area contributed by atoms with Gasteiger partial charge in [-0.25, -0.2) is 5.43 Å². The molecule has 1 N–H and O–H groups in total. The molecular formula is C19H22BrN3O2. The zero-order valence-corrected chi connectivity index (χ0v) is 16.4. The molecule has 132 valence electrons. The number of carbonyl (C=O) groups excluding carboxylic acids is 1. The van der Waals surface area contributed by atoms with Crippen molar-refractivity contribution in [3.63, 3.8) is 0 Å². The zero-order chi connectivity index (χ0) is 18.4. The smallest absolute Gasteiger partial charge is 0.275 e. The van der Waals surface area contributed by atoms with Crippen LogP contribution in [-0.4, -0.2) is 32.3 Å². The van der Waals surface area contributed by atoms with E-state index in [-0.39, 0.29) is 12.0 Å². The normalized spacial score (nSPS) is 11.0. The molecule has 0 atom stereocenters. The van der Waals surface area contributed by atoms with Crippen LogP contribution < -0.4 is 15.1 Å². The number of carbonyl (C=O) groups is 1. The second kappa shape index (κ2) is 8.67. The van der Waals surface area contributed by atoms with Gasteiger partial charge in [0, 0.05) is 24.3 Å². The average Bonchev–Trinajstić information content (AvgIpc) is 2.56. The molecule has 0 bridgehead atoms. The molecule has 0 aliphatic carbocycles. The Labute approximate surface area is 156 Å². The largest absolute Gasteiger partial charge is 0.490 e. The van der Waals surface area contributed by atoms with Crippen LogP contribution in [0, 0.1) is 0 Å². The van der Waals surface area contributed by atoms with Gasteiger partial charge < -0.3 is 9.64 Å². The van der Waals surface area contributed by atoms with Gasteiger partial charge in [-0.1, -0.05) is 28.1 Å². The highest BCUT2D eigenvalue weighted by molar-refractivity contribution is 9.10. The number of hydrogen-bond donors (Lipinski definition) is 1. The minimum Gasteiger partial charge on any atom is -0.490 e. The van der Waals surface area contributed by atoms with Gasteiger partial charge in [0.05, 0.1) is 17.9 Å². The molecule has 2 aromatic carbocycles. The molecule has 25 heavy (non-hydrogen) atoms. The van der Waals surface area contributed by atoms with Gasteiger partial charge in [0.15, 0.2) is 0 Å². The first-order valence-electron chi connectivity index (χ1n) is 7.94. The van der Waals surface area contributed by atoms with Gasteiger partial charge in [0.2, 0.25) is 0 Å². The van der Waals surface area contributed by atoms with E-state index in [0.29, 0.717) is 11.3 Å². The lowest BCUT2D eigenvalue weighted by Crippen LogP contribution is -2.20. The Morgan fingerprint density at radius 3 is 2.48 bits per heavy atom. The quantitative estimate of drug-likeness (QED) is 0.584. The van der Waals surface area contributed by atoms with E-state index in [1.54, 1.807) is 18.3 Å². The van der Waals surface area contributed by atoms with Crippen molar-refractivity contribution in [2.75, 3.05) is 19.0 Å². The van der Waals surface area contributed by atoms with Crippen molar-refractivity contribution in [1.29, 1.82) is 0 Å². The van der Waals surface area contributed by atoms with E-state index in [0.717, 1.165) is 15.7 Å². The summed E-state index contributed by atoms with van der Waals surface area (Å²) in [6, 6.07) is 13.2. The van der Waals surface area contributed by atoms with Crippen molar-refractivity contribution in [3.05, 3.63) is 58.1 Å². The summed E-state index contributed by atoms with van der Waals surface area (Å²) < 4.78 is 6.49. The van der Waals surface area contributed by atoms with Crippen molar-refractivity contribution < 1.29 is 9.53 Å². The van der Waals surface area contributed by atoms with Gasteiger partial charge in [-0.2, -0.15) is 5.10 Å². The molecule has 0 aromatic heterocycles. The van der Waals surface area contributed by atoms with Gasteiger partial charge >= 0.3 is 0 Å². The minimum atomic E-state index is -0.321. The number of ether oxygens (including phenoxy) is 1. The Morgan fingerprint density at radius 2 is 1.88 bits per heavy atom. The van der Waals surface area contributed by atoms with Gasteiger partial charge in [0.1, 0.15) is 5.75 Å². The number of halogens is 1. The molecule has 5 nitrogen and oxygen atoms in total. The summed E-state index contributed by atoms with van der Waals surface area (Å²) in [4.78, 5) is 14.4. The zero-order valence-electron chi connectivity index (χ0n) is 14.8. The lowest BCUT2D eigenvalue weighted by atomic mass is 10.2. The molecule has 6 heteroatoms. The molecule has 0 aliphatic rings. The summed E-state index contributed by atoms with van der Waals surface area (Å²) >= 11 is 3.38. The Morgan fingerprint density at radius 1 is 1.20 bits per heavy atom. The highest BCUT2D eigenvalue weighted by Gasteiger charge is 2.13. The number of amides is 1. The fourth-order valence-corrected chi connectivity index (χ4v) is 2.48. The predicted molar refractivity (Wildman–Crippen MR) is 106 cm³/mol. The Hall–Kier alpha value is -2.34. The Bertz CT molecular complexity index is 756. The summed E-state index contributed by atoms with van der Waals surface area (Å²) in [5.74, 6) is 0.208. The van der Waals surface area contributed by atoms with E-state index in [2.05, 4.69) is 26.5 Å². The maximum Gasteiger partial charge on any atom is 0.275 e. The van der Waals surface area contributed by atoms with Crippen molar-refractivity contribution in [3.8, 4) is 5.75 Å².